The zero-order chi connectivity index (χ0) is 30.2. The number of aliphatic hydroxyl groups is 1. The number of unbranched alkanes of at least 4 members (excludes halogenated alkanes) is 15. The summed E-state index contributed by atoms with van der Waals surface area (Å²) in [6.45, 7) is 9.71. The molecule has 1 N–H and O–H groups in total. The van der Waals surface area contributed by atoms with E-state index in [4.69, 9.17) is 9.47 Å². The standard InChI is InChI=1S/C35H69NO5/c1-4-7-10-12-15-19-25-33(24-18-14-11-8-5-2)41-35(39)26-20-16-13-17-21-28-36(30-31-37)29-23-27-34(38)40-32-22-9-6-3/h33,37H,4-32H2,1-3H3. The molecule has 0 aliphatic heterocycles. The Hall–Kier alpha value is -1.14. The van der Waals surface area contributed by atoms with Crippen LogP contribution in [0.25, 0.3) is 0 Å². The minimum atomic E-state index is -0.107. The molecule has 0 spiro atoms. The first-order valence-electron chi connectivity index (χ1n) is 17.8. The van der Waals surface area contributed by atoms with E-state index in [9.17, 15) is 14.7 Å². The largest absolute Gasteiger partial charge is 0.466 e. The van der Waals surface area contributed by atoms with E-state index < -0.39 is 0 Å². The average molecular weight is 584 g/mol. The summed E-state index contributed by atoms with van der Waals surface area (Å²) in [5.74, 6) is -0.114. The van der Waals surface area contributed by atoms with Crippen LogP contribution in [0.1, 0.15) is 175 Å². The van der Waals surface area contributed by atoms with Crippen molar-refractivity contribution in [2.45, 2.75) is 181 Å². The molecule has 0 saturated heterocycles. The maximum atomic E-state index is 12.6. The van der Waals surface area contributed by atoms with Gasteiger partial charge >= 0.3 is 11.9 Å². The fraction of sp³-hybridized carbons (Fsp3) is 0.943. The van der Waals surface area contributed by atoms with Crippen molar-refractivity contribution in [1.82, 2.24) is 4.90 Å². The van der Waals surface area contributed by atoms with Crippen molar-refractivity contribution in [1.29, 1.82) is 0 Å². The quantitative estimate of drug-likeness (QED) is 0.0628. The van der Waals surface area contributed by atoms with Crippen molar-refractivity contribution < 1.29 is 24.2 Å². The third kappa shape index (κ3) is 28.7. The molecule has 0 rings (SSSR count). The topological polar surface area (TPSA) is 76.1 Å². The minimum Gasteiger partial charge on any atom is -0.466 e. The molecule has 244 valence electrons. The minimum absolute atomic E-state index is 0.00690. The van der Waals surface area contributed by atoms with Crippen molar-refractivity contribution in [3.05, 3.63) is 0 Å². The molecule has 0 saturated carbocycles. The third-order valence-corrected chi connectivity index (χ3v) is 7.95. The van der Waals surface area contributed by atoms with Crippen molar-refractivity contribution in [3.8, 4) is 0 Å². The molecule has 0 radical (unpaired) electrons. The lowest BCUT2D eigenvalue weighted by atomic mass is 10.0. The van der Waals surface area contributed by atoms with Gasteiger partial charge in [0.05, 0.1) is 13.2 Å². The highest BCUT2D eigenvalue weighted by Crippen LogP contribution is 2.18. The second-order valence-electron chi connectivity index (χ2n) is 12.0. The molecule has 6 heteroatoms. The highest BCUT2D eigenvalue weighted by Gasteiger charge is 2.14. The number of ether oxygens (including phenoxy) is 2. The van der Waals surface area contributed by atoms with Gasteiger partial charge in [-0.3, -0.25) is 9.59 Å². The van der Waals surface area contributed by atoms with E-state index in [0.717, 1.165) is 83.7 Å². The van der Waals surface area contributed by atoms with Gasteiger partial charge in [-0.15, -0.1) is 0 Å². The number of esters is 2. The summed E-state index contributed by atoms with van der Waals surface area (Å²) in [7, 11) is 0. The molecule has 0 fully saturated rings. The predicted octanol–water partition coefficient (Wildman–Crippen LogP) is 9.16. The lowest BCUT2D eigenvalue weighted by Crippen LogP contribution is -2.29. The van der Waals surface area contributed by atoms with Crippen LogP contribution in [0.3, 0.4) is 0 Å². The zero-order valence-corrected chi connectivity index (χ0v) is 27.6. The first-order valence-corrected chi connectivity index (χ1v) is 17.8. The molecule has 0 amide bonds. The van der Waals surface area contributed by atoms with Gasteiger partial charge in [0.2, 0.25) is 0 Å². The summed E-state index contributed by atoms with van der Waals surface area (Å²) in [5.41, 5.74) is 0. The first-order chi connectivity index (χ1) is 20.1. The second-order valence-corrected chi connectivity index (χ2v) is 12.0. The van der Waals surface area contributed by atoms with Gasteiger partial charge in [0.25, 0.3) is 0 Å². The van der Waals surface area contributed by atoms with Crippen molar-refractivity contribution >= 4 is 11.9 Å². The molecule has 0 heterocycles. The van der Waals surface area contributed by atoms with E-state index in [1.807, 2.05) is 0 Å². The number of carbonyl (C=O) groups is 2. The summed E-state index contributed by atoms with van der Waals surface area (Å²) in [5, 5.41) is 9.40. The molecule has 0 aliphatic carbocycles. The maximum absolute atomic E-state index is 12.6. The van der Waals surface area contributed by atoms with Gasteiger partial charge in [0.15, 0.2) is 0 Å². The SMILES string of the molecule is CCCCCCCCC(CCCCCCC)OC(=O)CCCCCCCN(CCO)CCCC(=O)OCCCCC. The van der Waals surface area contributed by atoms with Crippen molar-refractivity contribution in [2.24, 2.45) is 0 Å². The molecule has 0 bridgehead atoms. The highest BCUT2D eigenvalue weighted by atomic mass is 16.5. The van der Waals surface area contributed by atoms with Gasteiger partial charge in [0.1, 0.15) is 6.10 Å². The normalized spacial score (nSPS) is 12.1. The smallest absolute Gasteiger partial charge is 0.306 e. The van der Waals surface area contributed by atoms with Crippen molar-refractivity contribution in [3.63, 3.8) is 0 Å². The molecule has 1 unspecified atom stereocenters. The Bertz CT molecular complexity index is 571. The van der Waals surface area contributed by atoms with Gasteiger partial charge in [-0.05, 0) is 64.5 Å². The number of nitrogens with zero attached hydrogens (tertiary/aromatic N) is 1. The van der Waals surface area contributed by atoms with Crippen LogP contribution in [-0.2, 0) is 19.1 Å². The van der Waals surface area contributed by atoms with Crippen molar-refractivity contribution in [2.75, 3.05) is 32.8 Å². The lowest BCUT2D eigenvalue weighted by Gasteiger charge is -2.21. The van der Waals surface area contributed by atoms with E-state index in [2.05, 4.69) is 25.7 Å². The number of aliphatic hydroxyl groups excluding tert-OH is 1. The summed E-state index contributed by atoms with van der Waals surface area (Å²) >= 11 is 0. The third-order valence-electron chi connectivity index (χ3n) is 7.95. The maximum Gasteiger partial charge on any atom is 0.306 e. The van der Waals surface area contributed by atoms with Gasteiger partial charge in [-0.2, -0.15) is 0 Å². The fourth-order valence-electron chi connectivity index (χ4n) is 5.30. The van der Waals surface area contributed by atoms with Crippen LogP contribution in [-0.4, -0.2) is 60.9 Å². The number of rotatable bonds is 32. The number of carbonyl (C=O) groups excluding carboxylic acids is 2. The van der Waals surface area contributed by atoms with Gasteiger partial charge in [-0.25, -0.2) is 0 Å². The molecule has 0 aromatic rings. The molecule has 1 atom stereocenters. The highest BCUT2D eigenvalue weighted by molar-refractivity contribution is 5.69. The summed E-state index contributed by atoms with van der Waals surface area (Å²) < 4.78 is 11.2. The van der Waals surface area contributed by atoms with Crippen LogP contribution in [0.2, 0.25) is 0 Å². The second kappa shape index (κ2) is 31.8. The molecular weight excluding hydrogens is 514 g/mol. The first kappa shape index (κ1) is 39.9. The monoisotopic (exact) mass is 584 g/mol. The summed E-state index contributed by atoms with van der Waals surface area (Å²) in [4.78, 5) is 26.7. The predicted molar refractivity (Wildman–Crippen MR) is 172 cm³/mol. The molecule has 6 nitrogen and oxygen atoms in total. The Morgan fingerprint density at radius 1 is 0.561 bits per heavy atom. The van der Waals surface area contributed by atoms with Gasteiger partial charge < -0.3 is 19.5 Å². The van der Waals surface area contributed by atoms with Crippen LogP contribution in [0.15, 0.2) is 0 Å². The van der Waals surface area contributed by atoms with E-state index in [1.54, 1.807) is 0 Å². The van der Waals surface area contributed by atoms with Crippen LogP contribution in [0.4, 0.5) is 0 Å². The van der Waals surface area contributed by atoms with Crippen LogP contribution in [0.5, 0.6) is 0 Å². The van der Waals surface area contributed by atoms with E-state index in [-0.39, 0.29) is 24.6 Å². The molecule has 0 aromatic heterocycles. The zero-order valence-electron chi connectivity index (χ0n) is 27.6. The van der Waals surface area contributed by atoms with Crippen LogP contribution < -0.4 is 0 Å². The van der Waals surface area contributed by atoms with Gasteiger partial charge in [-0.1, -0.05) is 111 Å². The Labute approximate surface area is 254 Å². The molecule has 0 aliphatic rings. The van der Waals surface area contributed by atoms with E-state index in [0.29, 0.717) is 26.0 Å². The summed E-state index contributed by atoms with van der Waals surface area (Å²) in [6, 6.07) is 0. The van der Waals surface area contributed by atoms with Gasteiger partial charge in [0, 0.05) is 19.4 Å². The molecular formula is C35H69NO5. The Balaban J connectivity index is 4.06. The van der Waals surface area contributed by atoms with Crippen LogP contribution in [0, 0.1) is 0 Å². The Morgan fingerprint density at radius 3 is 1.66 bits per heavy atom. The Kier molecular flexibility index (Phi) is 30.9. The van der Waals surface area contributed by atoms with E-state index >= 15 is 0 Å². The average Bonchev–Trinajstić information content (AvgIpc) is 2.96. The molecule has 0 aromatic carbocycles. The number of hydrogen-bond donors (Lipinski definition) is 1. The van der Waals surface area contributed by atoms with E-state index in [1.165, 1.54) is 70.6 Å². The lowest BCUT2D eigenvalue weighted by molar-refractivity contribution is -0.150. The molecule has 41 heavy (non-hydrogen) atoms. The van der Waals surface area contributed by atoms with Crippen LogP contribution >= 0.6 is 0 Å². The fourth-order valence-corrected chi connectivity index (χ4v) is 5.30. The number of hydrogen-bond acceptors (Lipinski definition) is 6. The Morgan fingerprint density at radius 2 is 1.05 bits per heavy atom. The summed E-state index contributed by atoms with van der Waals surface area (Å²) in [6.07, 6.45) is 26.3.